The molecule has 0 atom stereocenters. The number of benzene rings is 2. The fraction of sp³-hybridized carbons (Fsp3) is 0.211. The molecular weight excluding hydrogens is 453 g/mol. The zero-order chi connectivity index (χ0) is 21.7. The SMILES string of the molecule is Cc1ccc(-c2noc(COC(=O)CCNS(=O)(=O)c3c(Cl)cccc3Cl)n2)cc1. The summed E-state index contributed by atoms with van der Waals surface area (Å²) in [6.45, 7) is 1.55. The highest BCUT2D eigenvalue weighted by Crippen LogP contribution is 2.28. The number of hydrogen-bond donors (Lipinski definition) is 1. The number of nitrogens with zero attached hydrogens (tertiary/aromatic N) is 2. The molecule has 0 aliphatic carbocycles. The van der Waals surface area contributed by atoms with Gasteiger partial charge in [0, 0.05) is 12.1 Å². The zero-order valence-corrected chi connectivity index (χ0v) is 18.1. The monoisotopic (exact) mass is 469 g/mol. The normalized spacial score (nSPS) is 11.4. The predicted molar refractivity (Wildman–Crippen MR) is 111 cm³/mol. The molecule has 0 aliphatic heterocycles. The third kappa shape index (κ3) is 5.57. The first-order valence-corrected chi connectivity index (χ1v) is 11.0. The number of esters is 1. The molecule has 0 saturated heterocycles. The van der Waals surface area contributed by atoms with Crippen LogP contribution in [0.1, 0.15) is 17.9 Å². The molecule has 3 aromatic rings. The van der Waals surface area contributed by atoms with Crippen LogP contribution in [0, 0.1) is 6.92 Å². The average Bonchev–Trinajstić information content (AvgIpc) is 3.15. The largest absolute Gasteiger partial charge is 0.456 e. The number of aryl methyl sites for hydroxylation is 1. The summed E-state index contributed by atoms with van der Waals surface area (Å²) in [5, 5.41) is 3.81. The van der Waals surface area contributed by atoms with Gasteiger partial charge in [-0.2, -0.15) is 4.98 Å². The fourth-order valence-corrected chi connectivity index (χ4v) is 4.62. The summed E-state index contributed by atoms with van der Waals surface area (Å²) in [4.78, 5) is 15.8. The highest BCUT2D eigenvalue weighted by atomic mass is 35.5. The van der Waals surface area contributed by atoms with E-state index in [0.717, 1.165) is 11.1 Å². The average molecular weight is 470 g/mol. The van der Waals surface area contributed by atoms with Crippen LogP contribution in [-0.2, 0) is 26.2 Å². The Hall–Kier alpha value is -2.46. The highest BCUT2D eigenvalue weighted by molar-refractivity contribution is 7.89. The van der Waals surface area contributed by atoms with Gasteiger partial charge in [-0.25, -0.2) is 13.1 Å². The van der Waals surface area contributed by atoms with E-state index in [1.54, 1.807) is 0 Å². The van der Waals surface area contributed by atoms with E-state index in [9.17, 15) is 13.2 Å². The van der Waals surface area contributed by atoms with Gasteiger partial charge in [0.1, 0.15) is 4.90 Å². The highest BCUT2D eigenvalue weighted by Gasteiger charge is 2.21. The summed E-state index contributed by atoms with van der Waals surface area (Å²) in [5.41, 5.74) is 1.87. The van der Waals surface area contributed by atoms with Gasteiger partial charge in [0.15, 0.2) is 6.61 Å². The van der Waals surface area contributed by atoms with Gasteiger partial charge < -0.3 is 9.26 Å². The van der Waals surface area contributed by atoms with Gasteiger partial charge in [0.05, 0.1) is 16.5 Å². The molecule has 8 nitrogen and oxygen atoms in total. The first kappa shape index (κ1) is 22.2. The molecule has 11 heteroatoms. The predicted octanol–water partition coefficient (Wildman–Crippen LogP) is 3.76. The molecule has 0 spiro atoms. The third-order valence-corrected chi connectivity index (χ3v) is 6.36. The number of hydrogen-bond acceptors (Lipinski definition) is 7. The number of carbonyl (C=O) groups excluding carboxylic acids is 1. The second-order valence-corrected chi connectivity index (χ2v) is 8.76. The van der Waals surface area contributed by atoms with Gasteiger partial charge in [0.2, 0.25) is 15.8 Å². The molecule has 0 unspecified atom stereocenters. The molecule has 2 aromatic carbocycles. The van der Waals surface area contributed by atoms with Gasteiger partial charge >= 0.3 is 5.97 Å². The lowest BCUT2D eigenvalue weighted by atomic mass is 10.1. The van der Waals surface area contributed by atoms with Gasteiger partial charge in [0.25, 0.3) is 5.89 Å². The maximum Gasteiger partial charge on any atom is 0.307 e. The Labute approximate surface area is 183 Å². The van der Waals surface area contributed by atoms with E-state index >= 15 is 0 Å². The molecule has 1 heterocycles. The van der Waals surface area contributed by atoms with Crippen molar-refractivity contribution in [1.82, 2.24) is 14.9 Å². The number of rotatable bonds is 8. The summed E-state index contributed by atoms with van der Waals surface area (Å²) in [6.07, 6.45) is -0.208. The molecule has 158 valence electrons. The number of aromatic nitrogens is 2. The van der Waals surface area contributed by atoms with E-state index in [1.807, 2.05) is 31.2 Å². The summed E-state index contributed by atoms with van der Waals surface area (Å²) < 4.78 is 37.0. The van der Waals surface area contributed by atoms with Gasteiger partial charge in [-0.15, -0.1) is 0 Å². The Kier molecular flexibility index (Phi) is 7.09. The lowest BCUT2D eigenvalue weighted by molar-refractivity contribution is -0.145. The van der Waals surface area contributed by atoms with Crippen LogP contribution in [-0.4, -0.2) is 31.1 Å². The topological polar surface area (TPSA) is 111 Å². The Balaban J connectivity index is 1.49. The van der Waals surface area contributed by atoms with Crippen LogP contribution in [0.25, 0.3) is 11.4 Å². The third-order valence-electron chi connectivity index (χ3n) is 3.94. The van der Waals surface area contributed by atoms with E-state index in [0.29, 0.717) is 5.82 Å². The van der Waals surface area contributed by atoms with Crippen molar-refractivity contribution in [2.45, 2.75) is 24.8 Å². The van der Waals surface area contributed by atoms with Crippen LogP contribution in [0.4, 0.5) is 0 Å². The molecule has 30 heavy (non-hydrogen) atoms. The summed E-state index contributed by atoms with van der Waals surface area (Å²) in [7, 11) is -3.98. The van der Waals surface area contributed by atoms with Crippen molar-refractivity contribution < 1.29 is 22.5 Å². The van der Waals surface area contributed by atoms with E-state index in [1.165, 1.54) is 18.2 Å². The minimum Gasteiger partial charge on any atom is -0.456 e. The Morgan fingerprint density at radius 2 is 1.80 bits per heavy atom. The van der Waals surface area contributed by atoms with E-state index in [2.05, 4.69) is 14.9 Å². The number of nitrogens with one attached hydrogen (secondary N) is 1. The van der Waals surface area contributed by atoms with Crippen LogP contribution in [0.5, 0.6) is 0 Å². The summed E-state index contributed by atoms with van der Waals surface area (Å²) in [5.74, 6) is -0.133. The van der Waals surface area contributed by atoms with Crippen LogP contribution >= 0.6 is 23.2 Å². The quantitative estimate of drug-likeness (QED) is 0.499. The maximum atomic E-state index is 12.3. The van der Waals surface area contributed by atoms with Crippen LogP contribution in [0.15, 0.2) is 51.9 Å². The summed E-state index contributed by atoms with van der Waals surface area (Å²) in [6, 6.07) is 11.9. The van der Waals surface area contributed by atoms with Crippen molar-refractivity contribution in [3.8, 4) is 11.4 Å². The Morgan fingerprint density at radius 1 is 1.13 bits per heavy atom. The zero-order valence-electron chi connectivity index (χ0n) is 15.8. The second-order valence-electron chi connectivity index (χ2n) is 6.24. The van der Waals surface area contributed by atoms with E-state index < -0.39 is 16.0 Å². The number of halogens is 2. The van der Waals surface area contributed by atoms with Gasteiger partial charge in [-0.3, -0.25) is 4.79 Å². The molecule has 0 aliphatic rings. The molecular formula is C19H17Cl2N3O5S. The van der Waals surface area contributed by atoms with Crippen LogP contribution < -0.4 is 4.72 Å². The van der Waals surface area contributed by atoms with Crippen molar-refractivity contribution in [2.24, 2.45) is 0 Å². The lowest BCUT2D eigenvalue weighted by Gasteiger charge is -2.09. The van der Waals surface area contributed by atoms with Crippen molar-refractivity contribution in [1.29, 1.82) is 0 Å². The molecule has 0 radical (unpaired) electrons. The van der Waals surface area contributed by atoms with Crippen molar-refractivity contribution >= 4 is 39.2 Å². The standard InChI is InChI=1S/C19H17Cl2N3O5S/c1-12-5-7-13(8-6-12)19-23-16(29-24-19)11-28-17(25)9-10-22-30(26,27)18-14(20)3-2-4-15(18)21/h2-8,22H,9-11H2,1H3. The molecule has 3 rings (SSSR count). The molecule has 0 bridgehead atoms. The maximum absolute atomic E-state index is 12.3. The summed E-state index contributed by atoms with van der Waals surface area (Å²) >= 11 is 11.8. The Morgan fingerprint density at radius 3 is 2.47 bits per heavy atom. The fourth-order valence-electron chi connectivity index (χ4n) is 2.45. The number of sulfonamides is 1. The van der Waals surface area contributed by atoms with Crippen LogP contribution in [0.3, 0.4) is 0 Å². The minimum absolute atomic E-state index is 0.0154. The first-order valence-electron chi connectivity index (χ1n) is 8.75. The van der Waals surface area contributed by atoms with Crippen molar-refractivity contribution in [3.63, 3.8) is 0 Å². The second kappa shape index (κ2) is 9.57. The first-order chi connectivity index (χ1) is 14.3. The molecule has 1 aromatic heterocycles. The van der Waals surface area contributed by atoms with Gasteiger partial charge in [-0.1, -0.05) is 64.3 Å². The Bertz CT molecular complexity index is 1130. The number of carbonyl (C=O) groups is 1. The molecule has 0 amide bonds. The molecule has 1 N–H and O–H groups in total. The van der Waals surface area contributed by atoms with Crippen LogP contribution in [0.2, 0.25) is 10.0 Å². The molecule has 0 saturated carbocycles. The smallest absolute Gasteiger partial charge is 0.307 e. The van der Waals surface area contributed by atoms with E-state index in [-0.39, 0.29) is 40.4 Å². The van der Waals surface area contributed by atoms with Crippen molar-refractivity contribution in [3.05, 3.63) is 64.0 Å². The lowest BCUT2D eigenvalue weighted by Crippen LogP contribution is -2.27. The van der Waals surface area contributed by atoms with Gasteiger partial charge in [-0.05, 0) is 19.1 Å². The molecule has 0 fully saturated rings. The van der Waals surface area contributed by atoms with Crippen molar-refractivity contribution in [2.75, 3.05) is 6.54 Å². The van der Waals surface area contributed by atoms with E-state index in [4.69, 9.17) is 32.5 Å². The number of ether oxygens (including phenoxy) is 1. The minimum atomic E-state index is -3.98.